The van der Waals surface area contributed by atoms with E-state index in [1.165, 1.54) is 6.07 Å². The number of anilines is 2. The van der Waals surface area contributed by atoms with Crippen LogP contribution in [0.2, 0.25) is 5.02 Å². The lowest BCUT2D eigenvalue weighted by atomic mass is 10.0. The summed E-state index contributed by atoms with van der Waals surface area (Å²) in [5.41, 5.74) is -0.564. The van der Waals surface area contributed by atoms with Crippen molar-refractivity contribution >= 4 is 34.8 Å². The van der Waals surface area contributed by atoms with Crippen LogP contribution in [-0.4, -0.2) is 11.8 Å². The zero-order valence-corrected chi connectivity index (χ0v) is 13.2. The van der Waals surface area contributed by atoms with Crippen LogP contribution in [0, 0.1) is 17.0 Å². The first-order chi connectivity index (χ1) is 11.4. The Bertz CT molecular complexity index is 805. The summed E-state index contributed by atoms with van der Waals surface area (Å²) in [7, 11) is 0. The van der Waals surface area contributed by atoms with Crippen molar-refractivity contribution < 1.29 is 18.4 Å². The molecule has 4 nitrogen and oxygen atoms in total. The van der Waals surface area contributed by atoms with Gasteiger partial charge in [0.15, 0.2) is 11.6 Å². The third-order valence-corrected chi connectivity index (χ3v) is 4.15. The molecular formula is C17H13ClF2N2O2. The summed E-state index contributed by atoms with van der Waals surface area (Å²) in [4.78, 5) is 24.8. The minimum atomic E-state index is -1.19. The van der Waals surface area contributed by atoms with Gasteiger partial charge in [0.1, 0.15) is 5.41 Å². The van der Waals surface area contributed by atoms with E-state index in [1.807, 2.05) is 0 Å². The molecule has 3 rings (SSSR count). The second-order valence-electron chi connectivity index (χ2n) is 5.63. The Labute approximate surface area is 141 Å². The van der Waals surface area contributed by atoms with E-state index < -0.39 is 28.9 Å². The number of amides is 2. The Balaban J connectivity index is 1.70. The molecule has 0 spiro atoms. The number of halogens is 3. The summed E-state index contributed by atoms with van der Waals surface area (Å²) in [6.07, 6.45) is 0.782. The molecular weight excluding hydrogens is 338 g/mol. The van der Waals surface area contributed by atoms with E-state index in [0.29, 0.717) is 23.6 Å². The number of benzene rings is 2. The van der Waals surface area contributed by atoms with E-state index in [0.717, 1.165) is 12.1 Å². The van der Waals surface area contributed by atoms with E-state index in [4.69, 9.17) is 11.6 Å². The summed E-state index contributed by atoms with van der Waals surface area (Å²) < 4.78 is 26.1. The molecule has 24 heavy (non-hydrogen) atoms. The first-order valence-corrected chi connectivity index (χ1v) is 7.62. The number of hydrogen-bond acceptors (Lipinski definition) is 2. The highest BCUT2D eigenvalue weighted by Crippen LogP contribution is 2.47. The molecule has 0 unspecified atom stereocenters. The predicted molar refractivity (Wildman–Crippen MR) is 86.7 cm³/mol. The van der Waals surface area contributed by atoms with Crippen LogP contribution in [0.4, 0.5) is 20.2 Å². The molecule has 1 fully saturated rings. The number of nitrogens with one attached hydrogen (secondary N) is 2. The molecule has 7 heteroatoms. The third kappa shape index (κ3) is 3.23. The normalized spacial score (nSPS) is 14.8. The van der Waals surface area contributed by atoms with Gasteiger partial charge in [0, 0.05) is 22.5 Å². The van der Waals surface area contributed by atoms with Gasteiger partial charge in [-0.2, -0.15) is 0 Å². The van der Waals surface area contributed by atoms with Gasteiger partial charge in [-0.1, -0.05) is 11.6 Å². The number of hydrogen-bond donors (Lipinski definition) is 2. The summed E-state index contributed by atoms with van der Waals surface area (Å²) in [5, 5.41) is 5.66. The molecule has 0 heterocycles. The van der Waals surface area contributed by atoms with Crippen molar-refractivity contribution in [3.63, 3.8) is 0 Å². The molecule has 0 bridgehead atoms. The molecule has 2 aromatic rings. The van der Waals surface area contributed by atoms with Gasteiger partial charge in [-0.25, -0.2) is 8.78 Å². The highest BCUT2D eigenvalue weighted by Gasteiger charge is 2.56. The quantitative estimate of drug-likeness (QED) is 0.819. The molecule has 1 aliphatic rings. The second-order valence-corrected chi connectivity index (χ2v) is 6.06. The maximum atomic E-state index is 13.2. The minimum absolute atomic E-state index is 0.101. The van der Waals surface area contributed by atoms with Gasteiger partial charge in [0.2, 0.25) is 11.8 Å². The maximum absolute atomic E-state index is 13.2. The molecule has 0 atom stereocenters. The highest BCUT2D eigenvalue weighted by atomic mass is 35.5. The Morgan fingerprint density at radius 2 is 1.42 bits per heavy atom. The van der Waals surface area contributed by atoms with Gasteiger partial charge in [-0.15, -0.1) is 0 Å². The van der Waals surface area contributed by atoms with Crippen LogP contribution in [0.3, 0.4) is 0 Å². The van der Waals surface area contributed by atoms with Crippen molar-refractivity contribution in [1.29, 1.82) is 0 Å². The Kier molecular flexibility index (Phi) is 4.24. The van der Waals surface area contributed by atoms with Crippen molar-refractivity contribution in [3.8, 4) is 0 Å². The van der Waals surface area contributed by atoms with E-state index >= 15 is 0 Å². The van der Waals surface area contributed by atoms with Crippen LogP contribution < -0.4 is 10.6 Å². The first kappa shape index (κ1) is 16.4. The van der Waals surface area contributed by atoms with Gasteiger partial charge in [0.05, 0.1) is 0 Å². The zero-order chi connectivity index (χ0) is 17.3. The Hall–Kier alpha value is -2.47. The van der Waals surface area contributed by atoms with Crippen molar-refractivity contribution in [2.45, 2.75) is 12.8 Å². The molecule has 2 amide bonds. The van der Waals surface area contributed by atoms with Crippen LogP contribution in [0.25, 0.3) is 0 Å². The number of carbonyl (C=O) groups excluding carboxylic acids is 2. The van der Waals surface area contributed by atoms with E-state index in [9.17, 15) is 18.4 Å². The van der Waals surface area contributed by atoms with E-state index in [-0.39, 0.29) is 5.69 Å². The Morgan fingerprint density at radius 3 is 1.96 bits per heavy atom. The van der Waals surface area contributed by atoms with Gasteiger partial charge >= 0.3 is 0 Å². The molecule has 2 N–H and O–H groups in total. The van der Waals surface area contributed by atoms with Gasteiger partial charge in [-0.3, -0.25) is 9.59 Å². The smallest absolute Gasteiger partial charge is 0.240 e. The summed E-state index contributed by atoms with van der Waals surface area (Å²) >= 11 is 5.78. The molecule has 0 radical (unpaired) electrons. The van der Waals surface area contributed by atoms with E-state index in [1.54, 1.807) is 24.3 Å². The second kappa shape index (κ2) is 6.20. The third-order valence-electron chi connectivity index (χ3n) is 3.90. The lowest BCUT2D eigenvalue weighted by Crippen LogP contribution is -2.35. The number of carbonyl (C=O) groups is 2. The van der Waals surface area contributed by atoms with Crippen molar-refractivity contribution in [3.05, 3.63) is 59.1 Å². The van der Waals surface area contributed by atoms with Crippen molar-refractivity contribution in [2.24, 2.45) is 5.41 Å². The summed E-state index contributed by atoms with van der Waals surface area (Å²) in [6.45, 7) is 0. The van der Waals surface area contributed by atoms with Crippen molar-refractivity contribution in [2.75, 3.05) is 10.6 Å². The molecule has 0 aliphatic heterocycles. The lowest BCUT2D eigenvalue weighted by Gasteiger charge is -2.15. The first-order valence-electron chi connectivity index (χ1n) is 7.24. The Morgan fingerprint density at radius 1 is 0.875 bits per heavy atom. The van der Waals surface area contributed by atoms with Crippen LogP contribution in [0.1, 0.15) is 12.8 Å². The van der Waals surface area contributed by atoms with Crippen LogP contribution in [0.15, 0.2) is 42.5 Å². The van der Waals surface area contributed by atoms with Gasteiger partial charge in [-0.05, 0) is 49.2 Å². The average Bonchev–Trinajstić information content (AvgIpc) is 3.35. The summed E-state index contributed by atoms with van der Waals surface area (Å²) in [6, 6.07) is 9.53. The SMILES string of the molecule is O=C(Nc1ccc(Cl)cc1)C1(C(=O)Nc2ccc(F)c(F)c2)CC1. The molecule has 0 aromatic heterocycles. The minimum Gasteiger partial charge on any atom is -0.325 e. The fourth-order valence-corrected chi connectivity index (χ4v) is 2.42. The predicted octanol–water partition coefficient (Wildman–Crippen LogP) is 3.98. The molecule has 2 aromatic carbocycles. The van der Waals surface area contributed by atoms with Crippen molar-refractivity contribution in [1.82, 2.24) is 0 Å². The standard InChI is InChI=1S/C17H13ClF2N2O2/c18-10-1-3-11(4-2-10)21-15(23)17(7-8-17)16(24)22-12-5-6-13(19)14(20)9-12/h1-6,9H,7-8H2,(H,21,23)(H,22,24). The zero-order valence-electron chi connectivity index (χ0n) is 12.4. The molecule has 124 valence electrons. The highest BCUT2D eigenvalue weighted by molar-refractivity contribution is 6.30. The van der Waals surface area contributed by atoms with Gasteiger partial charge in [0.25, 0.3) is 0 Å². The van der Waals surface area contributed by atoms with E-state index in [2.05, 4.69) is 10.6 Å². The number of rotatable bonds is 4. The fraction of sp³-hybridized carbons (Fsp3) is 0.176. The monoisotopic (exact) mass is 350 g/mol. The topological polar surface area (TPSA) is 58.2 Å². The van der Waals surface area contributed by atoms with Gasteiger partial charge < -0.3 is 10.6 Å². The van der Waals surface area contributed by atoms with Crippen LogP contribution in [-0.2, 0) is 9.59 Å². The average molecular weight is 351 g/mol. The van der Waals surface area contributed by atoms with Crippen LogP contribution >= 0.6 is 11.6 Å². The molecule has 1 saturated carbocycles. The lowest BCUT2D eigenvalue weighted by molar-refractivity contribution is -0.131. The molecule has 0 saturated heterocycles. The fourth-order valence-electron chi connectivity index (χ4n) is 2.29. The molecule has 1 aliphatic carbocycles. The maximum Gasteiger partial charge on any atom is 0.240 e. The van der Waals surface area contributed by atoms with Crippen LogP contribution in [0.5, 0.6) is 0 Å². The largest absolute Gasteiger partial charge is 0.325 e. The summed E-state index contributed by atoms with van der Waals surface area (Å²) in [5.74, 6) is -3.05.